The summed E-state index contributed by atoms with van der Waals surface area (Å²) in [6, 6.07) is 0. The van der Waals surface area contributed by atoms with Gasteiger partial charge in [-0.3, -0.25) is 4.79 Å². The van der Waals surface area contributed by atoms with Crippen molar-refractivity contribution in [3.63, 3.8) is 0 Å². The van der Waals surface area contributed by atoms with E-state index in [0.717, 1.165) is 12.8 Å². The van der Waals surface area contributed by atoms with Gasteiger partial charge in [0.05, 0.1) is 0 Å². The third-order valence-corrected chi connectivity index (χ3v) is 7.53. The van der Waals surface area contributed by atoms with Crippen LogP contribution in [0.3, 0.4) is 0 Å². The van der Waals surface area contributed by atoms with E-state index in [-0.39, 0.29) is 0 Å². The second-order valence-corrected chi connectivity index (χ2v) is 11.5. The van der Waals surface area contributed by atoms with Gasteiger partial charge >= 0.3 is 104 Å². The first-order valence-electron chi connectivity index (χ1n) is 15.0. The number of hydrogen-bond acceptors (Lipinski definition) is 1. The number of carboxylic acids is 1. The molecule has 0 aromatic heterocycles. The van der Waals surface area contributed by atoms with Crippen molar-refractivity contribution in [3.8, 4) is 0 Å². The molecule has 0 aliphatic heterocycles. The van der Waals surface area contributed by atoms with Gasteiger partial charge in [-0.1, -0.05) is 97.3 Å². The van der Waals surface area contributed by atoms with Crippen LogP contribution < -0.4 is 0 Å². The monoisotopic (exact) mass is 573 g/mol. The molecule has 3 heteroatoms. The normalized spacial score (nSPS) is 10.8. The molecule has 0 heterocycles. The number of carbonyl (C=O) groups is 1. The second kappa shape index (κ2) is 34.4. The molecular weight excluding hydrogens is 511 g/mol. The fourth-order valence-electron chi connectivity index (χ4n) is 4.26. The molecule has 3 radical (unpaired) electrons. The quantitative estimate of drug-likeness (QED) is 0.0827. The first-order chi connectivity index (χ1) is 16.2. The molecule has 0 aliphatic carbocycles. The maximum absolute atomic E-state index is 10.2. The molecule has 0 aliphatic rings. The summed E-state index contributed by atoms with van der Waals surface area (Å²) in [5, 5.41) is 8.41. The molecule has 197 valence electrons. The van der Waals surface area contributed by atoms with Gasteiger partial charge in [-0.25, -0.2) is 0 Å². The van der Waals surface area contributed by atoms with Gasteiger partial charge in [-0.15, -0.1) is 0 Å². The molecule has 0 atom stereocenters. The van der Waals surface area contributed by atoms with Crippen molar-refractivity contribution >= 4 is 28.5 Å². The van der Waals surface area contributed by atoms with Crippen LogP contribution in [0.2, 0.25) is 4.44 Å². The van der Waals surface area contributed by atoms with Crippen LogP contribution in [0.4, 0.5) is 0 Å². The molecule has 2 nitrogen and oxygen atoms in total. The summed E-state index contributed by atoms with van der Waals surface area (Å²) < 4.78 is 1.46. The van der Waals surface area contributed by atoms with Crippen molar-refractivity contribution in [2.75, 3.05) is 0 Å². The molecule has 1 N–H and O–H groups in total. The molecule has 0 amide bonds. The minimum absolute atomic E-state index is 0.343. The van der Waals surface area contributed by atoms with Gasteiger partial charge in [-0.2, -0.15) is 0 Å². The molecule has 0 saturated heterocycles. The van der Waals surface area contributed by atoms with E-state index in [4.69, 9.17) is 5.11 Å². The van der Waals surface area contributed by atoms with Crippen LogP contribution in [-0.4, -0.2) is 33.6 Å². The molecular formula is C30H61O2Sn. The van der Waals surface area contributed by atoms with Gasteiger partial charge in [0.1, 0.15) is 0 Å². The van der Waals surface area contributed by atoms with Crippen molar-refractivity contribution in [3.05, 3.63) is 0 Å². The van der Waals surface area contributed by atoms with Crippen LogP contribution in [0.15, 0.2) is 0 Å². The van der Waals surface area contributed by atoms with Crippen molar-refractivity contribution in [1.82, 2.24) is 0 Å². The molecule has 33 heavy (non-hydrogen) atoms. The van der Waals surface area contributed by atoms with Crippen molar-refractivity contribution < 1.29 is 9.90 Å². The zero-order valence-electron chi connectivity index (χ0n) is 22.9. The van der Waals surface area contributed by atoms with Gasteiger partial charge in [0.2, 0.25) is 0 Å². The number of carboxylic acid groups (broad SMARTS) is 1. The number of aliphatic carboxylic acids is 1. The van der Waals surface area contributed by atoms with Gasteiger partial charge in [0, 0.05) is 6.42 Å². The van der Waals surface area contributed by atoms with Crippen LogP contribution in [0.25, 0.3) is 0 Å². The zero-order chi connectivity index (χ0) is 24.7. The van der Waals surface area contributed by atoms with E-state index in [1.165, 1.54) is 152 Å². The summed E-state index contributed by atoms with van der Waals surface area (Å²) in [7, 11) is 0. The Morgan fingerprint density at radius 3 is 0.939 bits per heavy atom. The maximum atomic E-state index is 10.2. The first kappa shape index (κ1) is 35.4. The predicted octanol–water partition coefficient (Wildman–Crippen LogP) is 10.8. The standard InChI is InChI=1S/C18H37.C12H24O2.Sn/c1-3-5-7-9-11-13-15-17-18-16-14-12-10-8-6-4-2;1-2-3-4-5-6-7-8-9-10-11-12(13)14;/h1,3-18H2,2H3;2-11H2,1H3,(H,13,14);. The van der Waals surface area contributed by atoms with Crippen LogP contribution in [-0.2, 0) is 4.79 Å². The third-order valence-electron chi connectivity index (χ3n) is 6.52. The summed E-state index contributed by atoms with van der Waals surface area (Å²) in [6.07, 6.45) is 35.1. The topological polar surface area (TPSA) is 37.3 Å². The van der Waals surface area contributed by atoms with Crippen LogP contribution >= 0.6 is 0 Å². The van der Waals surface area contributed by atoms with E-state index in [9.17, 15) is 4.79 Å². The van der Waals surface area contributed by atoms with Gasteiger partial charge in [-0.05, 0) is 6.42 Å². The summed E-state index contributed by atoms with van der Waals surface area (Å²) >= 11 is 1.72. The number of hydrogen-bond donors (Lipinski definition) is 1. The average Bonchev–Trinajstić information content (AvgIpc) is 2.81. The SMILES string of the molecule is CCCCCCCCCCCC(=O)O.CCCCCCCCCCCCCCCCC[CH2][Sn]. The number of unbranched alkanes of at least 4 members (excludes halogenated alkanes) is 23. The van der Waals surface area contributed by atoms with Crippen molar-refractivity contribution in [1.29, 1.82) is 0 Å². The van der Waals surface area contributed by atoms with Crippen LogP contribution in [0.5, 0.6) is 0 Å². The molecule has 0 saturated carbocycles. The Kier molecular flexibility index (Phi) is 37.0. The fourth-order valence-corrected chi connectivity index (χ4v) is 4.97. The summed E-state index contributed by atoms with van der Waals surface area (Å²) in [6.45, 7) is 4.52. The fraction of sp³-hybridized carbons (Fsp3) is 0.967. The number of rotatable bonds is 26. The first-order valence-corrected chi connectivity index (χ1v) is 17.1. The molecule has 0 rings (SSSR count). The molecule has 0 fully saturated rings. The zero-order valence-corrected chi connectivity index (χ0v) is 25.8. The molecule has 0 spiro atoms. The van der Waals surface area contributed by atoms with E-state index < -0.39 is 5.97 Å². The van der Waals surface area contributed by atoms with Crippen molar-refractivity contribution in [2.45, 2.75) is 185 Å². The van der Waals surface area contributed by atoms with Crippen molar-refractivity contribution in [2.24, 2.45) is 0 Å². The molecule has 0 aromatic carbocycles. The van der Waals surface area contributed by atoms with Gasteiger partial charge in [0.25, 0.3) is 0 Å². The van der Waals surface area contributed by atoms with Gasteiger partial charge < -0.3 is 5.11 Å². The Labute approximate surface area is 222 Å². The Morgan fingerprint density at radius 2 is 0.697 bits per heavy atom. The molecule has 0 bridgehead atoms. The third kappa shape index (κ3) is 39.8. The Bertz CT molecular complexity index is 330. The van der Waals surface area contributed by atoms with Gasteiger partial charge in [0.15, 0.2) is 0 Å². The molecule has 0 aromatic rings. The predicted molar refractivity (Wildman–Crippen MR) is 150 cm³/mol. The van der Waals surface area contributed by atoms with E-state index >= 15 is 0 Å². The van der Waals surface area contributed by atoms with E-state index in [1.54, 1.807) is 22.5 Å². The second-order valence-electron chi connectivity index (χ2n) is 10.0. The summed E-state index contributed by atoms with van der Waals surface area (Å²) in [5.74, 6) is -0.659. The summed E-state index contributed by atoms with van der Waals surface area (Å²) in [5.41, 5.74) is 0. The molecule has 0 unspecified atom stereocenters. The van der Waals surface area contributed by atoms with E-state index in [2.05, 4.69) is 13.8 Å². The average molecular weight is 573 g/mol. The van der Waals surface area contributed by atoms with Crippen LogP contribution in [0, 0.1) is 0 Å². The Hall–Kier alpha value is 0.269. The van der Waals surface area contributed by atoms with E-state index in [1.807, 2.05) is 0 Å². The van der Waals surface area contributed by atoms with E-state index in [0.29, 0.717) is 6.42 Å². The summed E-state index contributed by atoms with van der Waals surface area (Å²) in [4.78, 5) is 10.2. The Balaban J connectivity index is 0. The van der Waals surface area contributed by atoms with Crippen LogP contribution in [0.1, 0.15) is 181 Å². The minimum atomic E-state index is -0.659. The Morgan fingerprint density at radius 1 is 0.455 bits per heavy atom.